The van der Waals surface area contributed by atoms with Crippen LogP contribution >= 0.6 is 0 Å². The Morgan fingerprint density at radius 1 is 1.31 bits per heavy atom. The predicted molar refractivity (Wildman–Crippen MR) is 101 cm³/mol. The molecule has 0 spiro atoms. The highest BCUT2D eigenvalue weighted by atomic mass is 16.4. The van der Waals surface area contributed by atoms with E-state index in [4.69, 9.17) is 4.42 Å². The van der Waals surface area contributed by atoms with Crippen molar-refractivity contribution in [3.63, 3.8) is 0 Å². The molecule has 1 aromatic rings. The lowest BCUT2D eigenvalue weighted by Gasteiger charge is -2.21. The Bertz CT molecular complexity index is 629. The van der Waals surface area contributed by atoms with Crippen LogP contribution in [0, 0.1) is 19.8 Å². The smallest absolute Gasteiger partial charge is 0.225 e. The molecule has 0 bridgehead atoms. The Balaban J connectivity index is 1.54. The first-order chi connectivity index (χ1) is 12.6. The number of oxazole rings is 1. The van der Waals surface area contributed by atoms with E-state index in [1.807, 2.05) is 25.7 Å². The molecule has 1 saturated carbocycles. The van der Waals surface area contributed by atoms with E-state index in [0.29, 0.717) is 18.3 Å². The number of aryl methyl sites for hydroxylation is 2. The maximum atomic E-state index is 12.6. The summed E-state index contributed by atoms with van der Waals surface area (Å²) in [5.74, 6) is 2.82. The second-order valence-corrected chi connectivity index (χ2v) is 7.34. The Morgan fingerprint density at radius 3 is 2.73 bits per heavy atom. The van der Waals surface area contributed by atoms with Crippen LogP contribution in [0.4, 0.5) is 0 Å². The van der Waals surface area contributed by atoms with Gasteiger partial charge in [-0.15, -0.1) is 0 Å². The Labute approximate surface area is 155 Å². The van der Waals surface area contributed by atoms with Crippen molar-refractivity contribution in [1.82, 2.24) is 20.5 Å². The van der Waals surface area contributed by atoms with E-state index in [9.17, 15) is 4.79 Å². The van der Waals surface area contributed by atoms with Gasteiger partial charge in [0.05, 0.1) is 5.69 Å². The molecule has 3 rings (SSSR count). The molecule has 1 unspecified atom stereocenters. The molecular formula is C19H31N5O2. The molecule has 26 heavy (non-hydrogen) atoms. The molecule has 0 aromatic carbocycles. The summed E-state index contributed by atoms with van der Waals surface area (Å²) in [4.78, 5) is 23.6. The summed E-state index contributed by atoms with van der Waals surface area (Å²) >= 11 is 0. The van der Waals surface area contributed by atoms with E-state index in [1.54, 1.807) is 0 Å². The molecule has 1 atom stereocenters. The van der Waals surface area contributed by atoms with Crippen molar-refractivity contribution < 1.29 is 9.21 Å². The fraction of sp³-hybridized carbons (Fsp3) is 0.737. The van der Waals surface area contributed by atoms with E-state index < -0.39 is 0 Å². The molecule has 2 heterocycles. The molecule has 1 saturated heterocycles. The molecule has 1 amide bonds. The molecule has 2 fully saturated rings. The minimum Gasteiger partial charge on any atom is -0.444 e. The Morgan fingerprint density at radius 2 is 2.08 bits per heavy atom. The summed E-state index contributed by atoms with van der Waals surface area (Å²) in [5, 5.41) is 6.73. The third-order valence-corrected chi connectivity index (χ3v) is 5.33. The first-order valence-corrected chi connectivity index (χ1v) is 9.83. The number of nitrogens with zero attached hydrogens (tertiary/aromatic N) is 3. The van der Waals surface area contributed by atoms with E-state index in [-0.39, 0.29) is 12.0 Å². The molecule has 144 valence electrons. The van der Waals surface area contributed by atoms with Crippen molar-refractivity contribution in [2.75, 3.05) is 19.6 Å². The number of likely N-dealkylation sites (tertiary alicyclic amines) is 1. The number of nitrogens with one attached hydrogen (secondary N) is 2. The summed E-state index contributed by atoms with van der Waals surface area (Å²) in [7, 11) is 0. The molecule has 1 aromatic heterocycles. The van der Waals surface area contributed by atoms with Crippen molar-refractivity contribution >= 4 is 11.9 Å². The van der Waals surface area contributed by atoms with Crippen LogP contribution in [0.2, 0.25) is 0 Å². The monoisotopic (exact) mass is 361 g/mol. The van der Waals surface area contributed by atoms with Gasteiger partial charge in [-0.2, -0.15) is 0 Å². The highest BCUT2D eigenvalue weighted by Gasteiger charge is 2.32. The van der Waals surface area contributed by atoms with Crippen LogP contribution in [-0.2, 0) is 11.3 Å². The van der Waals surface area contributed by atoms with Crippen molar-refractivity contribution in [1.29, 1.82) is 0 Å². The van der Waals surface area contributed by atoms with Gasteiger partial charge in [-0.05, 0) is 40.0 Å². The van der Waals surface area contributed by atoms with Gasteiger partial charge in [-0.3, -0.25) is 4.79 Å². The molecule has 1 aliphatic heterocycles. The molecule has 7 nitrogen and oxygen atoms in total. The van der Waals surface area contributed by atoms with Gasteiger partial charge >= 0.3 is 0 Å². The zero-order valence-corrected chi connectivity index (χ0v) is 16.2. The molecule has 2 N–H and O–H groups in total. The predicted octanol–water partition coefficient (Wildman–Crippen LogP) is 2.14. The maximum Gasteiger partial charge on any atom is 0.225 e. The Kier molecular flexibility index (Phi) is 6.16. The molecule has 7 heteroatoms. The third kappa shape index (κ3) is 4.56. The number of rotatable bonds is 5. The first-order valence-electron chi connectivity index (χ1n) is 9.83. The SMILES string of the molecule is CCNC(=NCc1nc(C)c(C)o1)NC1CCN(C(=O)C2CCCC2)C1. The zero-order chi connectivity index (χ0) is 18.5. The third-order valence-electron chi connectivity index (χ3n) is 5.33. The summed E-state index contributed by atoms with van der Waals surface area (Å²) < 4.78 is 5.59. The normalized spacial score (nSPS) is 21.4. The van der Waals surface area contributed by atoms with Crippen LogP contribution in [0.15, 0.2) is 9.41 Å². The van der Waals surface area contributed by atoms with Gasteiger partial charge in [0, 0.05) is 31.6 Å². The van der Waals surface area contributed by atoms with E-state index in [1.165, 1.54) is 12.8 Å². The van der Waals surface area contributed by atoms with E-state index in [0.717, 1.165) is 56.3 Å². The second-order valence-electron chi connectivity index (χ2n) is 7.34. The van der Waals surface area contributed by atoms with Gasteiger partial charge < -0.3 is 20.0 Å². The maximum absolute atomic E-state index is 12.6. The van der Waals surface area contributed by atoms with Gasteiger partial charge in [-0.1, -0.05) is 12.8 Å². The minimum atomic E-state index is 0.242. The zero-order valence-electron chi connectivity index (χ0n) is 16.2. The largest absolute Gasteiger partial charge is 0.444 e. The van der Waals surface area contributed by atoms with Crippen LogP contribution in [0.5, 0.6) is 0 Å². The highest BCUT2D eigenvalue weighted by Crippen LogP contribution is 2.27. The number of hydrogen-bond acceptors (Lipinski definition) is 4. The van der Waals surface area contributed by atoms with Crippen molar-refractivity contribution in [2.45, 2.75) is 65.5 Å². The van der Waals surface area contributed by atoms with Crippen molar-refractivity contribution in [3.05, 3.63) is 17.3 Å². The van der Waals surface area contributed by atoms with Crippen molar-refractivity contribution in [2.24, 2.45) is 10.9 Å². The Hall–Kier alpha value is -2.05. The second kappa shape index (κ2) is 8.56. The molecular weight excluding hydrogens is 330 g/mol. The van der Waals surface area contributed by atoms with Gasteiger partial charge in [0.15, 0.2) is 5.96 Å². The van der Waals surface area contributed by atoms with Crippen molar-refractivity contribution in [3.8, 4) is 0 Å². The fourth-order valence-electron chi connectivity index (χ4n) is 3.78. The standard InChI is InChI=1S/C19H31N5O2/c1-4-20-19(21-11-17-22-13(2)14(3)26-17)23-16-9-10-24(12-16)18(25)15-7-5-6-8-15/h15-16H,4-12H2,1-3H3,(H2,20,21,23). The number of carbonyl (C=O) groups excluding carboxylic acids is 1. The number of amides is 1. The summed E-state index contributed by atoms with van der Waals surface area (Å²) in [6.07, 6.45) is 5.48. The van der Waals surface area contributed by atoms with Crippen LogP contribution < -0.4 is 10.6 Å². The summed E-state index contributed by atoms with van der Waals surface area (Å²) in [6.45, 7) is 8.68. The van der Waals surface area contributed by atoms with Crippen LogP contribution in [0.25, 0.3) is 0 Å². The lowest BCUT2D eigenvalue weighted by molar-refractivity contribution is -0.134. The number of aromatic nitrogens is 1. The van der Waals surface area contributed by atoms with Gasteiger partial charge in [-0.25, -0.2) is 9.98 Å². The summed E-state index contributed by atoms with van der Waals surface area (Å²) in [5.41, 5.74) is 0.907. The number of guanidine groups is 1. The van der Waals surface area contributed by atoms with Gasteiger partial charge in [0.25, 0.3) is 0 Å². The summed E-state index contributed by atoms with van der Waals surface area (Å²) in [6, 6.07) is 0.242. The van der Waals surface area contributed by atoms with Crippen LogP contribution in [0.3, 0.4) is 0 Å². The number of hydrogen-bond donors (Lipinski definition) is 2. The number of aliphatic imine (C=N–C) groups is 1. The average Bonchev–Trinajstić information content (AvgIpc) is 3.35. The molecule has 0 radical (unpaired) electrons. The lowest BCUT2D eigenvalue weighted by Crippen LogP contribution is -2.45. The highest BCUT2D eigenvalue weighted by molar-refractivity contribution is 5.81. The fourth-order valence-corrected chi connectivity index (χ4v) is 3.78. The molecule has 2 aliphatic rings. The van der Waals surface area contributed by atoms with Gasteiger partial charge in [0.2, 0.25) is 11.8 Å². The number of carbonyl (C=O) groups is 1. The van der Waals surface area contributed by atoms with Crippen LogP contribution in [-0.4, -0.2) is 47.4 Å². The average molecular weight is 361 g/mol. The minimum absolute atomic E-state index is 0.242. The topological polar surface area (TPSA) is 82.8 Å². The van der Waals surface area contributed by atoms with E-state index >= 15 is 0 Å². The first kappa shape index (κ1) is 18.7. The quantitative estimate of drug-likeness (QED) is 0.620. The van der Waals surface area contributed by atoms with Crippen LogP contribution in [0.1, 0.15) is 56.4 Å². The van der Waals surface area contributed by atoms with E-state index in [2.05, 4.69) is 20.6 Å². The lowest BCUT2D eigenvalue weighted by atomic mass is 10.1. The van der Waals surface area contributed by atoms with Gasteiger partial charge in [0.1, 0.15) is 12.3 Å². The molecule has 1 aliphatic carbocycles.